The van der Waals surface area contributed by atoms with Crippen LogP contribution in [0.2, 0.25) is 0 Å². The van der Waals surface area contributed by atoms with Gasteiger partial charge in [-0.25, -0.2) is 19.2 Å². The fourth-order valence-corrected chi connectivity index (χ4v) is 4.87. The van der Waals surface area contributed by atoms with Crippen molar-refractivity contribution in [2.45, 2.75) is 11.4 Å². The molecule has 0 atom stereocenters. The third-order valence-corrected chi connectivity index (χ3v) is 6.45. The van der Waals surface area contributed by atoms with Crippen molar-refractivity contribution in [2.24, 2.45) is 0 Å². The van der Waals surface area contributed by atoms with E-state index < -0.39 is 0 Å². The largest absolute Gasteiger partial charge is 0.448 e. The summed E-state index contributed by atoms with van der Waals surface area (Å²) in [5.74, 6) is 0.618. The fourth-order valence-electron chi connectivity index (χ4n) is 2.74. The Morgan fingerprint density at radius 2 is 2.12 bits per heavy atom. The number of thioether (sulfide) groups is 1. The van der Waals surface area contributed by atoms with Crippen LogP contribution in [0.25, 0.3) is 20.7 Å². The quantitative estimate of drug-likeness (QED) is 0.355. The first-order valence-corrected chi connectivity index (χ1v) is 10.1. The Bertz CT molecular complexity index is 930. The molecular weight excluding hydrogens is 373 g/mol. The average molecular weight is 389 g/mol. The maximum atomic E-state index is 13.1. The van der Waals surface area contributed by atoms with E-state index in [2.05, 4.69) is 9.97 Å². The molecule has 26 heavy (non-hydrogen) atoms. The summed E-state index contributed by atoms with van der Waals surface area (Å²) in [7, 11) is 0. The minimum absolute atomic E-state index is 0.221. The van der Waals surface area contributed by atoms with Gasteiger partial charge in [-0.15, -0.1) is 23.1 Å². The number of benzene rings is 1. The maximum absolute atomic E-state index is 13.1. The van der Waals surface area contributed by atoms with E-state index in [0.717, 1.165) is 37.9 Å². The maximum Gasteiger partial charge on any atom is 0.409 e. The number of aromatic nitrogens is 2. The second-order valence-electron chi connectivity index (χ2n) is 5.81. The fraction of sp³-hybridized carbons (Fsp3) is 0.278. The molecule has 8 heteroatoms. The van der Waals surface area contributed by atoms with Crippen LogP contribution in [-0.4, -0.2) is 46.4 Å². The Morgan fingerprint density at radius 3 is 2.88 bits per heavy atom. The van der Waals surface area contributed by atoms with Gasteiger partial charge in [-0.1, -0.05) is 12.1 Å². The summed E-state index contributed by atoms with van der Waals surface area (Å²) in [5, 5.41) is 0.942. The molecule has 2 aromatic heterocycles. The first kappa shape index (κ1) is 17.2. The molecule has 0 N–H and O–H groups in total. The highest BCUT2D eigenvalue weighted by atomic mass is 32.2. The normalized spacial score (nSPS) is 14.2. The van der Waals surface area contributed by atoms with Crippen molar-refractivity contribution >= 4 is 39.4 Å². The van der Waals surface area contributed by atoms with Gasteiger partial charge in [0.2, 0.25) is 0 Å². The highest BCUT2D eigenvalue weighted by Gasteiger charge is 2.21. The molecule has 1 aliphatic heterocycles. The summed E-state index contributed by atoms with van der Waals surface area (Å²) in [5.41, 5.74) is 1.87. The molecule has 0 aliphatic carbocycles. The molecular formula is C18H16FN3O2S2. The molecule has 3 aromatic rings. The van der Waals surface area contributed by atoms with Gasteiger partial charge in [0.25, 0.3) is 0 Å². The van der Waals surface area contributed by atoms with Crippen molar-refractivity contribution in [1.29, 1.82) is 0 Å². The van der Waals surface area contributed by atoms with E-state index in [1.807, 2.05) is 6.07 Å². The van der Waals surface area contributed by atoms with E-state index in [0.29, 0.717) is 19.7 Å². The lowest BCUT2D eigenvalue weighted by Gasteiger charge is -2.11. The van der Waals surface area contributed by atoms with Gasteiger partial charge >= 0.3 is 6.09 Å². The number of cyclic esters (lactones) is 1. The van der Waals surface area contributed by atoms with Crippen LogP contribution in [0.4, 0.5) is 9.18 Å². The topological polar surface area (TPSA) is 55.3 Å². The van der Waals surface area contributed by atoms with Crippen LogP contribution in [0.1, 0.15) is 6.42 Å². The first-order valence-electron chi connectivity index (χ1n) is 8.26. The number of ether oxygens (including phenoxy) is 1. The summed E-state index contributed by atoms with van der Waals surface area (Å²) in [4.78, 5) is 23.0. The third-order valence-electron chi connectivity index (χ3n) is 4.06. The summed E-state index contributed by atoms with van der Waals surface area (Å²) >= 11 is 3.28. The van der Waals surface area contributed by atoms with E-state index in [1.165, 1.54) is 12.1 Å². The van der Waals surface area contributed by atoms with Crippen LogP contribution in [-0.2, 0) is 4.74 Å². The lowest BCUT2D eigenvalue weighted by atomic mass is 10.2. The van der Waals surface area contributed by atoms with Crippen LogP contribution in [0, 0.1) is 5.82 Å². The summed E-state index contributed by atoms with van der Waals surface area (Å²) in [6.45, 7) is 1.86. The zero-order valence-corrected chi connectivity index (χ0v) is 15.5. The number of thiophene rings is 1. The Balaban J connectivity index is 1.45. The molecule has 1 amide bonds. The Kier molecular flexibility index (Phi) is 5.03. The number of carbonyl (C=O) groups is 1. The second kappa shape index (κ2) is 7.59. The molecule has 0 radical (unpaired) electrons. The van der Waals surface area contributed by atoms with Gasteiger partial charge in [0.05, 0.1) is 16.8 Å². The molecule has 0 spiro atoms. The minimum Gasteiger partial charge on any atom is -0.448 e. The van der Waals surface area contributed by atoms with Crippen LogP contribution in [0.5, 0.6) is 0 Å². The van der Waals surface area contributed by atoms with Crippen molar-refractivity contribution in [2.75, 3.05) is 25.4 Å². The Labute approximate surface area is 158 Å². The molecule has 134 valence electrons. The molecule has 5 nitrogen and oxygen atoms in total. The van der Waals surface area contributed by atoms with E-state index >= 15 is 0 Å². The van der Waals surface area contributed by atoms with E-state index in [4.69, 9.17) is 4.74 Å². The highest BCUT2D eigenvalue weighted by Crippen LogP contribution is 2.37. The lowest BCUT2D eigenvalue weighted by Crippen LogP contribution is -2.25. The summed E-state index contributed by atoms with van der Waals surface area (Å²) in [6, 6.07) is 8.49. The van der Waals surface area contributed by atoms with Gasteiger partial charge in [-0.05, 0) is 30.2 Å². The molecule has 0 bridgehead atoms. The van der Waals surface area contributed by atoms with Crippen molar-refractivity contribution < 1.29 is 13.9 Å². The molecule has 3 heterocycles. The Hall–Kier alpha value is -2.19. The van der Waals surface area contributed by atoms with Gasteiger partial charge in [0.15, 0.2) is 0 Å². The van der Waals surface area contributed by atoms with Gasteiger partial charge in [-0.2, -0.15) is 0 Å². The number of rotatable bonds is 6. The zero-order valence-electron chi connectivity index (χ0n) is 13.9. The molecule has 1 saturated heterocycles. The summed E-state index contributed by atoms with van der Waals surface area (Å²) in [6.07, 6.45) is 2.23. The standard InChI is InChI=1S/C18H16FN3O2S2/c19-13-4-2-12(3-5-13)15-10-14-16(26-15)17(21-11-20-14)25-9-1-6-22-7-8-24-18(22)23/h2-5,10-11H,1,6-9H2. The van der Waals surface area contributed by atoms with Crippen molar-refractivity contribution in [1.82, 2.24) is 14.9 Å². The van der Waals surface area contributed by atoms with Crippen molar-refractivity contribution in [3.63, 3.8) is 0 Å². The minimum atomic E-state index is -0.243. The molecule has 0 saturated carbocycles. The average Bonchev–Trinajstić information content (AvgIpc) is 3.26. The Morgan fingerprint density at radius 1 is 1.27 bits per heavy atom. The number of halogens is 1. The molecule has 1 aliphatic rings. The predicted molar refractivity (Wildman–Crippen MR) is 101 cm³/mol. The van der Waals surface area contributed by atoms with Crippen LogP contribution in [0.15, 0.2) is 41.7 Å². The highest BCUT2D eigenvalue weighted by molar-refractivity contribution is 7.99. The number of hydrogen-bond acceptors (Lipinski definition) is 6. The number of nitrogens with zero attached hydrogens (tertiary/aromatic N) is 3. The number of fused-ring (bicyclic) bond motifs is 1. The monoisotopic (exact) mass is 389 g/mol. The van der Waals surface area contributed by atoms with Crippen LogP contribution >= 0.6 is 23.1 Å². The molecule has 0 unspecified atom stereocenters. The molecule has 1 fully saturated rings. The molecule has 4 rings (SSSR count). The predicted octanol–water partition coefficient (Wildman–Crippen LogP) is 4.43. The smallest absolute Gasteiger partial charge is 0.409 e. The van der Waals surface area contributed by atoms with Crippen molar-refractivity contribution in [3.05, 3.63) is 42.5 Å². The summed E-state index contributed by atoms with van der Waals surface area (Å²) < 4.78 is 19.1. The number of amides is 1. The first-order chi connectivity index (χ1) is 12.7. The van der Waals surface area contributed by atoms with E-state index in [9.17, 15) is 9.18 Å². The molecule has 1 aromatic carbocycles. The van der Waals surface area contributed by atoms with Gasteiger partial charge in [0.1, 0.15) is 23.8 Å². The van der Waals surface area contributed by atoms with Crippen LogP contribution in [0.3, 0.4) is 0 Å². The second-order valence-corrected chi connectivity index (χ2v) is 7.95. The van der Waals surface area contributed by atoms with Crippen molar-refractivity contribution in [3.8, 4) is 10.4 Å². The van der Waals surface area contributed by atoms with Gasteiger partial charge < -0.3 is 9.64 Å². The van der Waals surface area contributed by atoms with Crippen LogP contribution < -0.4 is 0 Å². The number of hydrogen-bond donors (Lipinski definition) is 0. The van der Waals surface area contributed by atoms with E-state index in [-0.39, 0.29) is 11.9 Å². The SMILES string of the molecule is O=C1OCCN1CCCSc1ncnc2cc(-c3ccc(F)cc3)sc12. The lowest BCUT2D eigenvalue weighted by molar-refractivity contribution is 0.158. The zero-order chi connectivity index (χ0) is 17.9. The number of carbonyl (C=O) groups excluding carboxylic acids is 1. The van der Waals surface area contributed by atoms with Gasteiger partial charge in [-0.3, -0.25) is 0 Å². The van der Waals surface area contributed by atoms with Gasteiger partial charge in [0, 0.05) is 17.2 Å². The third kappa shape index (κ3) is 3.66. The van der Waals surface area contributed by atoms with E-state index in [1.54, 1.807) is 46.5 Å².